The third-order valence-corrected chi connectivity index (χ3v) is 8.06. The summed E-state index contributed by atoms with van der Waals surface area (Å²) < 4.78 is 0. The monoisotopic (exact) mass is 362 g/mol. The van der Waals surface area contributed by atoms with E-state index < -0.39 is 0 Å². The van der Waals surface area contributed by atoms with Gasteiger partial charge in [0.1, 0.15) is 0 Å². The highest BCUT2D eigenvalue weighted by Crippen LogP contribution is 2.54. The van der Waals surface area contributed by atoms with Crippen molar-refractivity contribution in [2.24, 2.45) is 17.3 Å². The highest BCUT2D eigenvalue weighted by Gasteiger charge is 2.55. The van der Waals surface area contributed by atoms with Crippen LogP contribution in [0, 0.1) is 17.3 Å². The zero-order chi connectivity index (χ0) is 18.1. The lowest BCUT2D eigenvalue weighted by Gasteiger charge is -2.58. The topological polar surface area (TPSA) is 47.6 Å². The van der Waals surface area contributed by atoms with Crippen LogP contribution in [0.4, 0.5) is 4.79 Å². The lowest BCUT2D eigenvalue weighted by atomic mass is 9.54. The van der Waals surface area contributed by atoms with Gasteiger partial charge in [0.15, 0.2) is 0 Å². The number of nitrogens with zero attached hydrogens (tertiary/aromatic N) is 2. The van der Waals surface area contributed by atoms with Crippen molar-refractivity contribution >= 4 is 6.03 Å². The Morgan fingerprint density at radius 2 is 1.96 bits per heavy atom. The van der Waals surface area contributed by atoms with Crippen molar-refractivity contribution in [3.05, 3.63) is 0 Å². The first kappa shape index (κ1) is 18.5. The van der Waals surface area contributed by atoms with Gasteiger partial charge >= 0.3 is 6.03 Å². The summed E-state index contributed by atoms with van der Waals surface area (Å²) in [5, 5.41) is 6.62. The largest absolute Gasteiger partial charge is 0.338 e. The Balaban J connectivity index is 1.31. The van der Waals surface area contributed by atoms with Gasteiger partial charge in [0.05, 0.1) is 0 Å². The zero-order valence-electron chi connectivity index (χ0n) is 16.8. The van der Waals surface area contributed by atoms with Crippen molar-refractivity contribution in [2.45, 2.75) is 70.9 Å². The minimum Gasteiger partial charge on any atom is -0.338 e. The van der Waals surface area contributed by atoms with Crippen LogP contribution < -0.4 is 10.6 Å². The lowest BCUT2D eigenvalue weighted by molar-refractivity contribution is -0.0782. The molecule has 3 heterocycles. The van der Waals surface area contributed by atoms with Crippen molar-refractivity contribution in [3.63, 3.8) is 0 Å². The SMILES string of the molecule is CCNC(=O)N1CCCC1C1CCN(C2CC3(CCNC3)C2CC)CC1. The van der Waals surface area contributed by atoms with Crippen LogP contribution in [0.1, 0.15) is 58.8 Å². The van der Waals surface area contributed by atoms with E-state index in [0.717, 1.165) is 25.0 Å². The Morgan fingerprint density at radius 3 is 2.62 bits per heavy atom. The third-order valence-electron chi connectivity index (χ3n) is 8.06. The molecule has 0 aromatic heterocycles. The molecule has 4 unspecified atom stereocenters. The van der Waals surface area contributed by atoms with Gasteiger partial charge in [-0.25, -0.2) is 4.79 Å². The number of hydrogen-bond acceptors (Lipinski definition) is 3. The second-order valence-corrected chi connectivity index (χ2v) is 9.19. The number of nitrogens with one attached hydrogen (secondary N) is 2. The molecule has 1 saturated carbocycles. The average molecular weight is 363 g/mol. The first-order chi connectivity index (χ1) is 12.7. The normalized spacial score (nSPS) is 38.7. The van der Waals surface area contributed by atoms with Crippen molar-refractivity contribution in [2.75, 3.05) is 39.3 Å². The van der Waals surface area contributed by atoms with Crippen LogP contribution in [0.2, 0.25) is 0 Å². The van der Waals surface area contributed by atoms with E-state index in [1.807, 2.05) is 6.92 Å². The molecule has 4 atom stereocenters. The van der Waals surface area contributed by atoms with Crippen LogP contribution in [0.5, 0.6) is 0 Å². The van der Waals surface area contributed by atoms with E-state index in [-0.39, 0.29) is 6.03 Å². The summed E-state index contributed by atoms with van der Waals surface area (Å²) in [6.45, 7) is 11.1. The average Bonchev–Trinajstić information content (AvgIpc) is 3.31. The van der Waals surface area contributed by atoms with Crippen molar-refractivity contribution in [1.29, 1.82) is 0 Å². The molecule has 0 radical (unpaired) electrons. The smallest absolute Gasteiger partial charge is 0.317 e. The molecule has 5 heteroatoms. The van der Waals surface area contributed by atoms with E-state index in [1.165, 1.54) is 71.1 Å². The minimum absolute atomic E-state index is 0.165. The quantitative estimate of drug-likeness (QED) is 0.808. The van der Waals surface area contributed by atoms with Crippen LogP contribution in [0.3, 0.4) is 0 Å². The molecule has 3 saturated heterocycles. The summed E-state index contributed by atoms with van der Waals surface area (Å²) in [5.41, 5.74) is 0.622. The van der Waals surface area contributed by atoms with Crippen molar-refractivity contribution < 1.29 is 4.79 Å². The second kappa shape index (κ2) is 7.67. The highest BCUT2D eigenvalue weighted by molar-refractivity contribution is 5.74. The van der Waals surface area contributed by atoms with E-state index in [2.05, 4.69) is 27.4 Å². The van der Waals surface area contributed by atoms with Crippen molar-refractivity contribution in [3.8, 4) is 0 Å². The molecule has 4 aliphatic rings. The van der Waals surface area contributed by atoms with E-state index in [0.29, 0.717) is 17.4 Å². The number of rotatable bonds is 4. The maximum absolute atomic E-state index is 12.4. The number of urea groups is 1. The molecule has 0 aromatic rings. The zero-order valence-corrected chi connectivity index (χ0v) is 16.8. The van der Waals surface area contributed by atoms with Gasteiger partial charge < -0.3 is 20.4 Å². The number of likely N-dealkylation sites (tertiary alicyclic amines) is 2. The van der Waals surface area contributed by atoms with Gasteiger partial charge in [-0.15, -0.1) is 0 Å². The maximum atomic E-state index is 12.4. The standard InChI is InChI=1S/C21H38N4O/c1-3-17-19(14-21(17)9-10-22-15-21)24-12-7-16(8-13-24)18-6-5-11-25(18)20(26)23-4-2/h16-19,22H,3-15H2,1-2H3,(H,23,26). The van der Waals surface area contributed by atoms with Gasteiger partial charge in [0, 0.05) is 31.7 Å². The Labute approximate surface area is 159 Å². The molecule has 4 rings (SSSR count). The van der Waals surface area contributed by atoms with Gasteiger partial charge in [-0.1, -0.05) is 13.3 Å². The molecule has 148 valence electrons. The molecular weight excluding hydrogens is 324 g/mol. The summed E-state index contributed by atoms with van der Waals surface area (Å²) >= 11 is 0. The summed E-state index contributed by atoms with van der Waals surface area (Å²) in [6.07, 6.45) is 9.08. The first-order valence-corrected chi connectivity index (χ1v) is 11.2. The highest BCUT2D eigenvalue weighted by atomic mass is 16.2. The van der Waals surface area contributed by atoms with Crippen LogP contribution in [0.25, 0.3) is 0 Å². The molecule has 1 aliphatic carbocycles. The maximum Gasteiger partial charge on any atom is 0.317 e. The van der Waals surface area contributed by atoms with Gasteiger partial charge in [0.25, 0.3) is 0 Å². The molecule has 26 heavy (non-hydrogen) atoms. The predicted octanol–water partition coefficient (Wildman–Crippen LogP) is 2.67. The lowest BCUT2D eigenvalue weighted by Crippen LogP contribution is -2.61. The molecule has 3 aliphatic heterocycles. The number of hydrogen-bond donors (Lipinski definition) is 2. The molecular formula is C21H38N4O. The second-order valence-electron chi connectivity index (χ2n) is 9.19. The molecule has 4 fully saturated rings. The number of carbonyl (C=O) groups excluding carboxylic acids is 1. The third kappa shape index (κ3) is 3.15. The van der Waals surface area contributed by atoms with Gasteiger partial charge in [-0.3, -0.25) is 0 Å². The molecule has 2 amide bonds. The number of piperidine rings is 1. The summed E-state index contributed by atoms with van der Waals surface area (Å²) in [4.78, 5) is 17.3. The van der Waals surface area contributed by atoms with Crippen molar-refractivity contribution in [1.82, 2.24) is 20.4 Å². The van der Waals surface area contributed by atoms with Crippen LogP contribution in [0.15, 0.2) is 0 Å². The molecule has 1 spiro atoms. The van der Waals surface area contributed by atoms with Gasteiger partial charge in [0.2, 0.25) is 0 Å². The Morgan fingerprint density at radius 1 is 1.15 bits per heavy atom. The van der Waals surface area contributed by atoms with E-state index in [9.17, 15) is 4.79 Å². The fourth-order valence-corrected chi connectivity index (χ4v) is 6.72. The van der Waals surface area contributed by atoms with Crippen LogP contribution in [-0.2, 0) is 0 Å². The predicted molar refractivity (Wildman–Crippen MR) is 105 cm³/mol. The van der Waals surface area contributed by atoms with Gasteiger partial charge in [-0.2, -0.15) is 0 Å². The van der Waals surface area contributed by atoms with E-state index in [1.54, 1.807) is 0 Å². The molecule has 2 N–H and O–H groups in total. The fourth-order valence-electron chi connectivity index (χ4n) is 6.72. The summed E-state index contributed by atoms with van der Waals surface area (Å²) in [7, 11) is 0. The summed E-state index contributed by atoms with van der Waals surface area (Å²) in [6, 6.07) is 1.47. The van der Waals surface area contributed by atoms with Gasteiger partial charge in [-0.05, 0) is 82.3 Å². The van der Waals surface area contributed by atoms with Crippen LogP contribution in [-0.4, -0.2) is 67.2 Å². The number of amides is 2. The molecule has 0 bridgehead atoms. The number of carbonyl (C=O) groups is 1. The Bertz CT molecular complexity index is 496. The fraction of sp³-hybridized carbons (Fsp3) is 0.952. The Kier molecular flexibility index (Phi) is 5.47. The summed E-state index contributed by atoms with van der Waals surface area (Å²) in [5.74, 6) is 1.60. The molecule has 5 nitrogen and oxygen atoms in total. The Hall–Kier alpha value is -0.810. The van der Waals surface area contributed by atoms with Crippen LogP contribution >= 0.6 is 0 Å². The van der Waals surface area contributed by atoms with E-state index >= 15 is 0 Å². The first-order valence-electron chi connectivity index (χ1n) is 11.2. The van der Waals surface area contributed by atoms with E-state index in [4.69, 9.17) is 0 Å². The minimum atomic E-state index is 0.165. The molecule has 0 aromatic carbocycles.